The van der Waals surface area contributed by atoms with Gasteiger partial charge in [-0.2, -0.15) is 0 Å². The number of hydrogen-bond donors (Lipinski definition) is 2. The van der Waals surface area contributed by atoms with E-state index >= 15 is 0 Å². The van der Waals surface area contributed by atoms with E-state index in [1.165, 1.54) is 11.1 Å². The van der Waals surface area contributed by atoms with Crippen LogP contribution in [0.5, 0.6) is 0 Å². The second-order valence-corrected chi connectivity index (χ2v) is 7.37. The van der Waals surface area contributed by atoms with Crippen molar-refractivity contribution < 1.29 is 4.79 Å². The van der Waals surface area contributed by atoms with Gasteiger partial charge in [-0.15, -0.1) is 0 Å². The maximum Gasteiger partial charge on any atom is 0.315 e. The monoisotopic (exact) mass is 396 g/mol. The van der Waals surface area contributed by atoms with E-state index in [0.717, 1.165) is 51.5 Å². The molecular formula is C22H32N6O. The summed E-state index contributed by atoms with van der Waals surface area (Å²) in [5.74, 6) is 0.764. The molecule has 3 rings (SSSR count). The van der Waals surface area contributed by atoms with Crippen molar-refractivity contribution in [3.05, 3.63) is 53.9 Å². The highest BCUT2D eigenvalue weighted by Gasteiger charge is 2.22. The number of piperidine rings is 1. The number of benzene rings is 1. The molecule has 2 N–H and O–H groups in total. The largest absolute Gasteiger partial charge is 0.341 e. The number of urea groups is 1. The number of hydrogen-bond acceptors (Lipinski definition) is 5. The maximum atomic E-state index is 12.4. The minimum absolute atomic E-state index is 0.1000. The van der Waals surface area contributed by atoms with Gasteiger partial charge in [0.2, 0.25) is 5.95 Å². The second-order valence-electron chi connectivity index (χ2n) is 7.37. The smallest absolute Gasteiger partial charge is 0.315 e. The molecule has 1 fully saturated rings. The van der Waals surface area contributed by atoms with Gasteiger partial charge in [-0.25, -0.2) is 14.8 Å². The van der Waals surface area contributed by atoms with Crippen molar-refractivity contribution in [1.82, 2.24) is 25.5 Å². The van der Waals surface area contributed by atoms with E-state index in [1.807, 2.05) is 12.1 Å². The number of aromatic nitrogens is 2. The van der Waals surface area contributed by atoms with Crippen LogP contribution in [0.15, 0.2) is 42.7 Å². The Hall–Kier alpha value is -2.67. The molecule has 1 aliphatic rings. The fourth-order valence-electron chi connectivity index (χ4n) is 3.66. The third-order valence-corrected chi connectivity index (χ3v) is 5.51. The van der Waals surface area contributed by atoms with Gasteiger partial charge in [0.1, 0.15) is 0 Å². The minimum atomic E-state index is -0.1000. The van der Waals surface area contributed by atoms with Crippen LogP contribution in [-0.4, -0.2) is 53.1 Å². The van der Waals surface area contributed by atoms with Gasteiger partial charge in [-0.1, -0.05) is 38.1 Å². The van der Waals surface area contributed by atoms with Crippen LogP contribution in [0.25, 0.3) is 0 Å². The molecular weight excluding hydrogens is 364 g/mol. The molecule has 1 aliphatic heterocycles. The summed E-state index contributed by atoms with van der Waals surface area (Å²) in [5, 5.41) is 6.15. The average molecular weight is 397 g/mol. The Bertz CT molecular complexity index is 757. The first-order valence-corrected chi connectivity index (χ1v) is 10.5. The average Bonchev–Trinajstić information content (AvgIpc) is 2.78. The third kappa shape index (κ3) is 6.15. The first-order chi connectivity index (χ1) is 14.2. The number of nitrogens with zero attached hydrogens (tertiary/aromatic N) is 4. The van der Waals surface area contributed by atoms with Crippen molar-refractivity contribution in [3.8, 4) is 0 Å². The highest BCUT2D eigenvalue weighted by molar-refractivity contribution is 5.74. The quantitative estimate of drug-likeness (QED) is 0.718. The van der Waals surface area contributed by atoms with Crippen LogP contribution in [0.3, 0.4) is 0 Å². The fraction of sp³-hybridized carbons (Fsp3) is 0.500. The van der Waals surface area contributed by atoms with E-state index in [0.29, 0.717) is 6.54 Å². The first-order valence-electron chi connectivity index (χ1n) is 10.5. The van der Waals surface area contributed by atoms with Crippen LogP contribution in [0.2, 0.25) is 0 Å². The van der Waals surface area contributed by atoms with Gasteiger partial charge in [-0.05, 0) is 43.1 Å². The number of anilines is 1. The van der Waals surface area contributed by atoms with Crippen LogP contribution in [0, 0.1) is 0 Å². The summed E-state index contributed by atoms with van der Waals surface area (Å²) in [5.41, 5.74) is 2.44. The molecule has 0 saturated carbocycles. The molecule has 1 aromatic carbocycles. The van der Waals surface area contributed by atoms with E-state index in [-0.39, 0.29) is 12.1 Å². The van der Waals surface area contributed by atoms with E-state index in [9.17, 15) is 4.79 Å². The van der Waals surface area contributed by atoms with Gasteiger partial charge >= 0.3 is 6.03 Å². The Balaban J connectivity index is 1.45. The van der Waals surface area contributed by atoms with Crippen molar-refractivity contribution >= 4 is 12.0 Å². The number of carbonyl (C=O) groups is 1. The van der Waals surface area contributed by atoms with E-state index in [1.54, 1.807) is 12.4 Å². The molecule has 29 heavy (non-hydrogen) atoms. The maximum absolute atomic E-state index is 12.4. The van der Waals surface area contributed by atoms with Crippen LogP contribution in [0.4, 0.5) is 10.7 Å². The molecule has 7 heteroatoms. The first kappa shape index (κ1) is 21.0. The summed E-state index contributed by atoms with van der Waals surface area (Å²) in [4.78, 5) is 25.6. The minimum Gasteiger partial charge on any atom is -0.341 e. The summed E-state index contributed by atoms with van der Waals surface area (Å²) < 4.78 is 0. The van der Waals surface area contributed by atoms with Crippen molar-refractivity contribution in [2.45, 2.75) is 45.8 Å². The summed E-state index contributed by atoms with van der Waals surface area (Å²) >= 11 is 0. The Morgan fingerprint density at radius 2 is 1.72 bits per heavy atom. The molecule has 0 aliphatic carbocycles. The second kappa shape index (κ2) is 10.8. The molecule has 2 heterocycles. The van der Waals surface area contributed by atoms with Crippen LogP contribution in [-0.2, 0) is 13.1 Å². The highest BCUT2D eigenvalue weighted by Crippen LogP contribution is 2.15. The summed E-state index contributed by atoms with van der Waals surface area (Å²) in [7, 11) is 0. The third-order valence-electron chi connectivity index (χ3n) is 5.51. The van der Waals surface area contributed by atoms with Gasteiger partial charge in [0.25, 0.3) is 0 Å². The molecule has 0 atom stereocenters. The molecule has 0 unspecified atom stereocenters. The molecule has 0 spiro atoms. The van der Waals surface area contributed by atoms with Crippen molar-refractivity contribution in [3.63, 3.8) is 0 Å². The zero-order valence-corrected chi connectivity index (χ0v) is 17.5. The zero-order chi connectivity index (χ0) is 20.5. The Labute approximate surface area is 173 Å². The molecule has 7 nitrogen and oxygen atoms in total. The van der Waals surface area contributed by atoms with Gasteiger partial charge in [0, 0.05) is 44.6 Å². The van der Waals surface area contributed by atoms with Crippen molar-refractivity contribution in [1.29, 1.82) is 0 Å². The number of carbonyl (C=O) groups excluding carboxylic acids is 1. The Morgan fingerprint density at radius 1 is 1.07 bits per heavy atom. The van der Waals surface area contributed by atoms with Crippen molar-refractivity contribution in [2.75, 3.05) is 31.1 Å². The van der Waals surface area contributed by atoms with Crippen LogP contribution < -0.4 is 15.5 Å². The highest BCUT2D eigenvalue weighted by atomic mass is 16.2. The van der Waals surface area contributed by atoms with Gasteiger partial charge in [0.05, 0.1) is 0 Å². The van der Waals surface area contributed by atoms with Crippen molar-refractivity contribution in [2.24, 2.45) is 0 Å². The van der Waals surface area contributed by atoms with Crippen LogP contribution >= 0.6 is 0 Å². The van der Waals surface area contributed by atoms with E-state index in [2.05, 4.69) is 62.4 Å². The lowest BCUT2D eigenvalue weighted by molar-refractivity contribution is 0.234. The van der Waals surface area contributed by atoms with Gasteiger partial charge < -0.3 is 15.5 Å². The molecule has 1 saturated heterocycles. The Kier molecular flexibility index (Phi) is 7.81. The predicted molar refractivity (Wildman–Crippen MR) is 116 cm³/mol. The standard InChI is InChI=1S/C22H32N6O/c1-3-27(4-2)17-19-9-6-5-8-18(19)16-25-22(29)26-20-10-14-28(15-11-20)21-23-12-7-13-24-21/h5-9,12-13,20H,3-4,10-11,14-17H2,1-2H3,(H2,25,26,29). The lowest BCUT2D eigenvalue weighted by Gasteiger charge is -2.32. The van der Waals surface area contributed by atoms with Crippen LogP contribution in [0.1, 0.15) is 37.8 Å². The lowest BCUT2D eigenvalue weighted by Crippen LogP contribution is -2.48. The molecule has 2 amide bonds. The summed E-state index contributed by atoms with van der Waals surface area (Å²) in [6.07, 6.45) is 5.31. The number of rotatable bonds is 8. The molecule has 1 aromatic heterocycles. The fourth-order valence-corrected chi connectivity index (χ4v) is 3.66. The summed E-state index contributed by atoms with van der Waals surface area (Å²) in [6.45, 7) is 9.53. The summed E-state index contributed by atoms with van der Waals surface area (Å²) in [6, 6.07) is 10.2. The SMILES string of the molecule is CCN(CC)Cc1ccccc1CNC(=O)NC1CCN(c2ncccn2)CC1. The normalized spacial score (nSPS) is 14.8. The topological polar surface area (TPSA) is 73.4 Å². The number of nitrogens with one attached hydrogen (secondary N) is 2. The predicted octanol–water partition coefficient (Wildman–Crippen LogP) is 2.79. The zero-order valence-electron chi connectivity index (χ0n) is 17.5. The number of amides is 2. The molecule has 0 bridgehead atoms. The molecule has 0 radical (unpaired) electrons. The van der Waals surface area contributed by atoms with Gasteiger partial charge in [0.15, 0.2) is 0 Å². The van der Waals surface area contributed by atoms with E-state index < -0.39 is 0 Å². The Morgan fingerprint density at radius 3 is 2.38 bits per heavy atom. The van der Waals surface area contributed by atoms with Gasteiger partial charge in [-0.3, -0.25) is 4.90 Å². The molecule has 156 valence electrons. The lowest BCUT2D eigenvalue weighted by atomic mass is 10.1. The van der Waals surface area contributed by atoms with E-state index in [4.69, 9.17) is 0 Å². The molecule has 2 aromatic rings.